The van der Waals surface area contributed by atoms with Gasteiger partial charge in [-0.3, -0.25) is 14.9 Å². The molecule has 0 radical (unpaired) electrons. The summed E-state index contributed by atoms with van der Waals surface area (Å²) in [6.45, 7) is 1.97. The van der Waals surface area contributed by atoms with Crippen LogP contribution in [-0.2, 0) is 6.42 Å². The summed E-state index contributed by atoms with van der Waals surface area (Å²) in [6, 6.07) is 12.1. The number of aromatic nitrogens is 3. The summed E-state index contributed by atoms with van der Waals surface area (Å²) in [5.74, 6) is -0.254. The lowest BCUT2D eigenvalue weighted by molar-refractivity contribution is -0.384. The maximum absolute atomic E-state index is 13.1. The van der Waals surface area contributed by atoms with Crippen molar-refractivity contribution in [2.24, 2.45) is 0 Å². The number of amides is 1. The topological polar surface area (TPSA) is 94.2 Å². The quantitative estimate of drug-likeness (QED) is 0.535. The summed E-state index contributed by atoms with van der Waals surface area (Å²) < 4.78 is 1.31. The zero-order valence-corrected chi connectivity index (χ0v) is 13.9. The minimum atomic E-state index is -0.519. The van der Waals surface area contributed by atoms with Crippen LogP contribution in [0.25, 0.3) is 5.69 Å². The van der Waals surface area contributed by atoms with Gasteiger partial charge in [0.1, 0.15) is 18.3 Å². The molecule has 0 saturated heterocycles. The molecule has 0 spiro atoms. The fourth-order valence-electron chi connectivity index (χ4n) is 3.34. The van der Waals surface area contributed by atoms with Gasteiger partial charge in [-0.15, -0.1) is 0 Å². The number of nitrogens with zero attached hydrogens (tertiary/aromatic N) is 5. The molecule has 26 heavy (non-hydrogen) atoms. The van der Waals surface area contributed by atoms with Gasteiger partial charge >= 0.3 is 0 Å². The van der Waals surface area contributed by atoms with Gasteiger partial charge in [0.05, 0.1) is 4.92 Å². The fourth-order valence-corrected chi connectivity index (χ4v) is 3.34. The summed E-state index contributed by atoms with van der Waals surface area (Å²) in [4.78, 5) is 29.5. The first kappa shape index (κ1) is 15.9. The van der Waals surface area contributed by atoms with E-state index in [1.54, 1.807) is 11.0 Å². The molecule has 0 saturated carbocycles. The van der Waals surface area contributed by atoms with Crippen LogP contribution in [0, 0.1) is 10.1 Å². The number of fused-ring (bicyclic) bond motifs is 1. The highest BCUT2D eigenvalue weighted by Gasteiger charge is 2.32. The van der Waals surface area contributed by atoms with Crippen LogP contribution < -0.4 is 4.90 Å². The van der Waals surface area contributed by atoms with E-state index in [0.717, 1.165) is 17.7 Å². The standard InChI is InChI=1S/C18H15N5O3/c1-12-8-13-4-2-3-5-15(13)22(12)18(24)14-6-7-16(17(9-14)23(25)26)21-11-19-10-20-21/h2-7,9-12H,8H2,1H3/t12-/m1/s1. The Morgan fingerprint density at radius 1 is 1.23 bits per heavy atom. The number of carbonyl (C=O) groups is 1. The van der Waals surface area contributed by atoms with Crippen molar-refractivity contribution in [2.75, 3.05) is 4.90 Å². The van der Waals surface area contributed by atoms with E-state index < -0.39 is 4.92 Å². The van der Waals surface area contributed by atoms with Crippen molar-refractivity contribution < 1.29 is 9.72 Å². The van der Waals surface area contributed by atoms with Crippen molar-refractivity contribution in [3.8, 4) is 5.69 Å². The number of carbonyl (C=O) groups excluding carboxylic acids is 1. The molecule has 4 rings (SSSR count). The zero-order chi connectivity index (χ0) is 18.3. The Balaban J connectivity index is 1.76. The summed E-state index contributed by atoms with van der Waals surface area (Å²) >= 11 is 0. The highest BCUT2D eigenvalue weighted by Crippen LogP contribution is 2.34. The maximum Gasteiger partial charge on any atom is 0.295 e. The number of anilines is 1. The first-order valence-electron chi connectivity index (χ1n) is 8.11. The predicted molar refractivity (Wildman–Crippen MR) is 94.4 cm³/mol. The minimum Gasteiger partial charge on any atom is -0.305 e. The molecule has 8 nitrogen and oxygen atoms in total. The highest BCUT2D eigenvalue weighted by atomic mass is 16.6. The van der Waals surface area contributed by atoms with Crippen molar-refractivity contribution in [3.05, 3.63) is 76.4 Å². The first-order valence-corrected chi connectivity index (χ1v) is 8.11. The van der Waals surface area contributed by atoms with Crippen LogP contribution in [0.15, 0.2) is 55.1 Å². The summed E-state index contributed by atoms with van der Waals surface area (Å²) in [7, 11) is 0. The van der Waals surface area contributed by atoms with Crippen molar-refractivity contribution in [2.45, 2.75) is 19.4 Å². The number of benzene rings is 2. The molecule has 2 heterocycles. The van der Waals surface area contributed by atoms with Gasteiger partial charge in [0.2, 0.25) is 0 Å². The number of nitro benzene ring substituents is 1. The summed E-state index contributed by atoms with van der Waals surface area (Å²) in [6.07, 6.45) is 3.44. The molecule has 1 aliphatic heterocycles. The van der Waals surface area contributed by atoms with E-state index in [2.05, 4.69) is 10.1 Å². The largest absolute Gasteiger partial charge is 0.305 e. The van der Waals surface area contributed by atoms with Crippen molar-refractivity contribution in [3.63, 3.8) is 0 Å². The minimum absolute atomic E-state index is 0.00560. The Morgan fingerprint density at radius 3 is 2.77 bits per heavy atom. The van der Waals surface area contributed by atoms with Crippen molar-refractivity contribution >= 4 is 17.3 Å². The van der Waals surface area contributed by atoms with Crippen molar-refractivity contribution in [1.82, 2.24) is 14.8 Å². The summed E-state index contributed by atoms with van der Waals surface area (Å²) in [5, 5.41) is 15.4. The van der Waals surface area contributed by atoms with Crippen LogP contribution >= 0.6 is 0 Å². The van der Waals surface area contributed by atoms with E-state index >= 15 is 0 Å². The SMILES string of the molecule is C[C@@H]1Cc2ccccc2N1C(=O)c1ccc(-n2cncn2)c([N+](=O)[O-])c1. The lowest BCUT2D eigenvalue weighted by atomic mass is 10.1. The van der Waals surface area contributed by atoms with Crippen LogP contribution in [-0.4, -0.2) is 31.6 Å². The molecule has 1 aliphatic rings. The van der Waals surface area contributed by atoms with E-state index in [0.29, 0.717) is 0 Å². The van der Waals surface area contributed by atoms with Crippen LogP contribution in [0.3, 0.4) is 0 Å². The number of hydrogen-bond acceptors (Lipinski definition) is 5. The van der Waals surface area contributed by atoms with Gasteiger partial charge in [-0.05, 0) is 37.1 Å². The third-order valence-corrected chi connectivity index (χ3v) is 4.51. The van der Waals surface area contributed by atoms with Gasteiger partial charge in [0.25, 0.3) is 11.6 Å². The van der Waals surface area contributed by atoms with E-state index in [1.165, 1.54) is 29.5 Å². The molecule has 1 atom stereocenters. The Labute approximate surface area is 148 Å². The fraction of sp³-hybridized carbons (Fsp3) is 0.167. The van der Waals surface area contributed by atoms with Gasteiger partial charge in [-0.25, -0.2) is 9.67 Å². The molecular weight excluding hydrogens is 334 g/mol. The Morgan fingerprint density at radius 2 is 2.04 bits per heavy atom. The second kappa shape index (κ2) is 6.07. The molecule has 130 valence electrons. The molecule has 8 heteroatoms. The third kappa shape index (κ3) is 2.52. The van der Waals surface area contributed by atoms with E-state index in [9.17, 15) is 14.9 Å². The van der Waals surface area contributed by atoms with Gasteiger partial charge in [-0.1, -0.05) is 18.2 Å². The summed E-state index contributed by atoms with van der Waals surface area (Å²) in [5.41, 5.74) is 2.29. The van der Waals surface area contributed by atoms with Gasteiger partial charge in [0.15, 0.2) is 0 Å². The van der Waals surface area contributed by atoms with Crippen molar-refractivity contribution in [1.29, 1.82) is 0 Å². The third-order valence-electron chi connectivity index (χ3n) is 4.51. The highest BCUT2D eigenvalue weighted by molar-refractivity contribution is 6.08. The molecule has 2 aromatic carbocycles. The monoisotopic (exact) mass is 349 g/mol. The number of para-hydroxylation sites is 1. The van der Waals surface area contributed by atoms with E-state index in [1.807, 2.05) is 31.2 Å². The molecule has 0 bridgehead atoms. The Kier molecular flexibility index (Phi) is 3.72. The number of nitro groups is 1. The molecule has 0 fully saturated rings. The lowest BCUT2D eigenvalue weighted by Crippen LogP contribution is -2.35. The molecule has 0 aliphatic carbocycles. The Bertz CT molecular complexity index is 1000. The zero-order valence-electron chi connectivity index (χ0n) is 13.9. The average molecular weight is 349 g/mol. The predicted octanol–water partition coefficient (Wildman–Crippen LogP) is 2.77. The molecular formula is C18H15N5O3. The second-order valence-electron chi connectivity index (χ2n) is 6.16. The molecule has 0 N–H and O–H groups in total. The van der Waals surface area contributed by atoms with Gasteiger partial charge < -0.3 is 4.90 Å². The van der Waals surface area contributed by atoms with E-state index in [4.69, 9.17) is 0 Å². The first-order chi connectivity index (χ1) is 12.6. The number of rotatable bonds is 3. The van der Waals surface area contributed by atoms with Crippen LogP contribution in [0.1, 0.15) is 22.8 Å². The lowest BCUT2D eigenvalue weighted by Gasteiger charge is -2.22. The smallest absolute Gasteiger partial charge is 0.295 e. The molecule has 3 aromatic rings. The van der Waals surface area contributed by atoms with E-state index in [-0.39, 0.29) is 28.9 Å². The van der Waals surface area contributed by atoms with Gasteiger partial charge in [-0.2, -0.15) is 5.10 Å². The Hall–Kier alpha value is -3.55. The number of hydrogen-bond donors (Lipinski definition) is 0. The molecule has 1 aromatic heterocycles. The molecule has 1 amide bonds. The second-order valence-corrected chi connectivity index (χ2v) is 6.16. The van der Waals surface area contributed by atoms with Crippen LogP contribution in [0.2, 0.25) is 0 Å². The molecule has 0 unspecified atom stereocenters. The normalized spacial score (nSPS) is 15.7. The van der Waals surface area contributed by atoms with Gasteiger partial charge in [0, 0.05) is 23.4 Å². The van der Waals surface area contributed by atoms with Crippen LogP contribution in [0.4, 0.5) is 11.4 Å². The van der Waals surface area contributed by atoms with Crippen LogP contribution in [0.5, 0.6) is 0 Å². The average Bonchev–Trinajstić information content (AvgIpc) is 3.27. The maximum atomic E-state index is 13.1.